The molecule has 1 atom stereocenters. The topological polar surface area (TPSA) is 57.3 Å². The molecule has 126 valence electrons. The Morgan fingerprint density at radius 3 is 2.91 bits per heavy atom. The average molecular weight is 367 g/mol. The van der Waals surface area contributed by atoms with Crippen LogP contribution in [0, 0.1) is 0 Å². The molecule has 1 aliphatic heterocycles. The van der Waals surface area contributed by atoms with Crippen LogP contribution in [-0.4, -0.2) is 48.0 Å². The second-order valence-corrected chi connectivity index (χ2v) is 6.75. The molecule has 1 aliphatic carbocycles. The highest BCUT2D eigenvalue weighted by molar-refractivity contribution is 7.15. The minimum atomic E-state index is 0. The third-order valence-corrected chi connectivity index (χ3v) is 5.15. The second-order valence-electron chi connectivity index (χ2n) is 5.67. The lowest BCUT2D eigenvalue weighted by Gasteiger charge is -2.33. The highest BCUT2D eigenvalue weighted by Crippen LogP contribution is 2.29. The Bertz CT molecular complexity index is 474. The highest BCUT2D eigenvalue weighted by atomic mass is 35.5. The number of hydrogen-bond donors (Lipinski definition) is 2. The molecule has 1 aromatic rings. The Morgan fingerprint density at radius 1 is 1.41 bits per heavy atom. The molecule has 0 aromatic carbocycles. The number of carbonyl (C=O) groups is 1. The zero-order chi connectivity index (χ0) is 13.9. The maximum Gasteiger partial charge on any atom is 0.240 e. The molecule has 2 heterocycles. The van der Waals surface area contributed by atoms with E-state index in [1.807, 2.05) is 0 Å². The Hall–Kier alpha value is -0.400. The molecule has 1 fully saturated rings. The van der Waals surface area contributed by atoms with Gasteiger partial charge in [0.05, 0.1) is 12.2 Å². The minimum Gasteiger partial charge on any atom is -0.314 e. The van der Waals surface area contributed by atoms with Crippen LogP contribution in [0.1, 0.15) is 30.3 Å². The first-order valence-corrected chi connectivity index (χ1v) is 8.27. The lowest BCUT2D eigenvalue weighted by atomic mass is 10.0. The number of rotatable bonds is 3. The van der Waals surface area contributed by atoms with Crippen molar-refractivity contribution in [2.24, 2.45) is 0 Å². The first-order chi connectivity index (χ1) is 9.72. The van der Waals surface area contributed by atoms with E-state index in [0.717, 1.165) is 37.6 Å². The number of piperazine rings is 1. The van der Waals surface area contributed by atoms with Gasteiger partial charge < -0.3 is 10.6 Å². The zero-order valence-electron chi connectivity index (χ0n) is 12.8. The molecule has 2 aliphatic rings. The number of fused-ring (bicyclic) bond motifs is 1. The molecular formula is C14H24Cl2N4OS. The van der Waals surface area contributed by atoms with Crippen LogP contribution in [0.25, 0.3) is 0 Å². The molecule has 8 heteroatoms. The Morgan fingerprint density at radius 2 is 2.18 bits per heavy atom. The van der Waals surface area contributed by atoms with Gasteiger partial charge in [-0.2, -0.15) is 0 Å². The van der Waals surface area contributed by atoms with Crippen LogP contribution in [-0.2, 0) is 17.6 Å². The van der Waals surface area contributed by atoms with Crippen molar-refractivity contribution in [3.8, 4) is 0 Å². The van der Waals surface area contributed by atoms with Crippen LogP contribution in [0.3, 0.4) is 0 Å². The number of carbonyl (C=O) groups excluding carboxylic acids is 1. The number of amides is 1. The number of hydrogen-bond acceptors (Lipinski definition) is 5. The van der Waals surface area contributed by atoms with Crippen molar-refractivity contribution in [1.29, 1.82) is 0 Å². The van der Waals surface area contributed by atoms with E-state index >= 15 is 0 Å². The molecule has 2 N–H and O–H groups in total. The van der Waals surface area contributed by atoms with Gasteiger partial charge in [0.1, 0.15) is 0 Å². The largest absolute Gasteiger partial charge is 0.314 e. The first-order valence-electron chi connectivity index (χ1n) is 7.45. The molecule has 1 amide bonds. The third-order valence-electron chi connectivity index (χ3n) is 4.08. The molecular weight excluding hydrogens is 343 g/mol. The second kappa shape index (κ2) is 9.03. The smallest absolute Gasteiger partial charge is 0.240 e. The van der Waals surface area contributed by atoms with Crippen molar-refractivity contribution in [3.63, 3.8) is 0 Å². The van der Waals surface area contributed by atoms with E-state index < -0.39 is 0 Å². The van der Waals surface area contributed by atoms with E-state index in [0.29, 0.717) is 12.6 Å². The van der Waals surface area contributed by atoms with E-state index in [1.54, 1.807) is 11.3 Å². The molecule has 0 saturated carbocycles. The summed E-state index contributed by atoms with van der Waals surface area (Å²) >= 11 is 1.65. The number of aryl methyl sites for hydroxylation is 2. The van der Waals surface area contributed by atoms with Gasteiger partial charge in [0.2, 0.25) is 5.91 Å². The predicted octanol–water partition coefficient (Wildman–Crippen LogP) is 2.10. The molecule has 1 saturated heterocycles. The van der Waals surface area contributed by atoms with Crippen molar-refractivity contribution in [2.75, 3.05) is 31.5 Å². The summed E-state index contributed by atoms with van der Waals surface area (Å²) in [7, 11) is 0. The molecule has 1 aromatic heterocycles. The van der Waals surface area contributed by atoms with Crippen molar-refractivity contribution in [1.82, 2.24) is 15.2 Å². The van der Waals surface area contributed by atoms with E-state index in [-0.39, 0.29) is 30.7 Å². The van der Waals surface area contributed by atoms with Gasteiger partial charge in [-0.05, 0) is 32.6 Å². The van der Waals surface area contributed by atoms with Crippen molar-refractivity contribution in [3.05, 3.63) is 10.6 Å². The van der Waals surface area contributed by atoms with Crippen LogP contribution in [0.2, 0.25) is 0 Å². The van der Waals surface area contributed by atoms with Crippen molar-refractivity contribution in [2.45, 2.75) is 38.6 Å². The van der Waals surface area contributed by atoms with Gasteiger partial charge in [-0.25, -0.2) is 4.98 Å². The number of anilines is 1. The molecule has 0 spiro atoms. The van der Waals surface area contributed by atoms with Gasteiger partial charge in [0.15, 0.2) is 5.13 Å². The maximum absolute atomic E-state index is 12.1. The van der Waals surface area contributed by atoms with Gasteiger partial charge in [-0.15, -0.1) is 36.2 Å². The third kappa shape index (κ3) is 4.80. The van der Waals surface area contributed by atoms with E-state index in [1.165, 1.54) is 23.4 Å². The SMILES string of the molecule is C[C@H]1CNCCN1CC(=O)Nc1nc2c(s1)CCCC2.Cl.Cl. The number of aromatic nitrogens is 1. The first kappa shape index (κ1) is 19.6. The maximum atomic E-state index is 12.1. The summed E-state index contributed by atoms with van der Waals surface area (Å²) in [6.45, 7) is 5.47. The molecule has 0 unspecified atom stereocenters. The van der Waals surface area contributed by atoms with Crippen LogP contribution in [0.15, 0.2) is 0 Å². The van der Waals surface area contributed by atoms with Crippen LogP contribution in [0.5, 0.6) is 0 Å². The summed E-state index contributed by atoms with van der Waals surface area (Å²) in [5.41, 5.74) is 1.20. The molecule has 0 radical (unpaired) electrons. The Balaban J connectivity index is 0.00000121. The predicted molar refractivity (Wildman–Crippen MR) is 95.8 cm³/mol. The fraction of sp³-hybridized carbons (Fsp3) is 0.714. The van der Waals surface area contributed by atoms with Gasteiger partial charge in [0, 0.05) is 30.6 Å². The van der Waals surface area contributed by atoms with Crippen molar-refractivity contribution >= 4 is 47.2 Å². The lowest BCUT2D eigenvalue weighted by Crippen LogP contribution is -2.51. The summed E-state index contributed by atoms with van der Waals surface area (Å²) in [6, 6.07) is 0.416. The molecule has 0 bridgehead atoms. The van der Waals surface area contributed by atoms with Gasteiger partial charge >= 0.3 is 0 Å². The summed E-state index contributed by atoms with van der Waals surface area (Å²) in [5, 5.41) is 7.09. The van der Waals surface area contributed by atoms with Crippen LogP contribution in [0.4, 0.5) is 5.13 Å². The number of halogens is 2. The van der Waals surface area contributed by atoms with E-state index in [2.05, 4.69) is 27.4 Å². The summed E-state index contributed by atoms with van der Waals surface area (Å²) in [4.78, 5) is 20.3. The summed E-state index contributed by atoms with van der Waals surface area (Å²) < 4.78 is 0. The van der Waals surface area contributed by atoms with Crippen molar-refractivity contribution < 1.29 is 4.79 Å². The van der Waals surface area contributed by atoms with Crippen LogP contribution >= 0.6 is 36.2 Å². The number of thiazole rings is 1. The number of nitrogens with zero attached hydrogens (tertiary/aromatic N) is 2. The minimum absolute atomic E-state index is 0. The van der Waals surface area contributed by atoms with Gasteiger partial charge in [-0.3, -0.25) is 9.69 Å². The zero-order valence-corrected chi connectivity index (χ0v) is 15.2. The van der Waals surface area contributed by atoms with E-state index in [9.17, 15) is 4.79 Å². The van der Waals surface area contributed by atoms with Gasteiger partial charge in [0.25, 0.3) is 0 Å². The molecule has 5 nitrogen and oxygen atoms in total. The molecule has 22 heavy (non-hydrogen) atoms. The fourth-order valence-corrected chi connectivity index (χ4v) is 3.93. The monoisotopic (exact) mass is 366 g/mol. The Kier molecular flexibility index (Phi) is 8.07. The van der Waals surface area contributed by atoms with E-state index in [4.69, 9.17) is 0 Å². The molecule has 3 rings (SSSR count). The lowest BCUT2D eigenvalue weighted by molar-refractivity contribution is -0.118. The number of nitrogens with one attached hydrogen (secondary N) is 2. The van der Waals surface area contributed by atoms with Gasteiger partial charge in [-0.1, -0.05) is 0 Å². The standard InChI is InChI=1S/C14H22N4OS.2ClH/c1-10-8-15-6-7-18(10)9-13(19)17-14-16-11-4-2-3-5-12(11)20-14;;/h10,15H,2-9H2,1H3,(H,16,17,19);2*1H/t10-;;/m0../s1. The Labute approximate surface area is 148 Å². The van der Waals surface area contributed by atoms with Crippen LogP contribution < -0.4 is 10.6 Å². The highest BCUT2D eigenvalue weighted by Gasteiger charge is 2.21. The normalized spacial score (nSPS) is 21.2. The quantitative estimate of drug-likeness (QED) is 0.859. The average Bonchev–Trinajstić information content (AvgIpc) is 2.83. The fourth-order valence-electron chi connectivity index (χ4n) is 2.87. The summed E-state index contributed by atoms with van der Waals surface area (Å²) in [5.74, 6) is 0.0600. The summed E-state index contributed by atoms with van der Waals surface area (Å²) in [6.07, 6.45) is 4.66.